The maximum absolute atomic E-state index is 12.5. The molecule has 0 saturated carbocycles. The maximum atomic E-state index is 12.5. The Morgan fingerprint density at radius 1 is 1.36 bits per heavy atom. The number of amides is 1. The molecule has 1 unspecified atom stereocenters. The van der Waals surface area contributed by atoms with E-state index in [9.17, 15) is 18.0 Å². The van der Waals surface area contributed by atoms with Gasteiger partial charge in [-0.05, 0) is 31.4 Å². The monoisotopic (exact) mass is 355 g/mol. The van der Waals surface area contributed by atoms with Gasteiger partial charge in [0.1, 0.15) is 11.9 Å². The SMILES string of the molecule is Nc1cn(C2CCCCO2)nc1C(=O)Nc1ccc(C(F)(F)F)nc1. The van der Waals surface area contributed by atoms with Crippen molar-refractivity contribution in [2.75, 3.05) is 17.7 Å². The lowest BCUT2D eigenvalue weighted by molar-refractivity contribution is -0.141. The number of aromatic nitrogens is 3. The van der Waals surface area contributed by atoms with E-state index in [0.717, 1.165) is 37.6 Å². The fourth-order valence-corrected chi connectivity index (χ4v) is 2.49. The molecule has 0 spiro atoms. The Kier molecular flexibility index (Phi) is 4.62. The van der Waals surface area contributed by atoms with E-state index in [1.165, 1.54) is 10.9 Å². The minimum absolute atomic E-state index is 0.0194. The Morgan fingerprint density at radius 3 is 2.76 bits per heavy atom. The highest BCUT2D eigenvalue weighted by Crippen LogP contribution is 2.28. The average Bonchev–Trinajstić information content (AvgIpc) is 2.97. The summed E-state index contributed by atoms with van der Waals surface area (Å²) in [5.74, 6) is -0.631. The second kappa shape index (κ2) is 6.71. The number of anilines is 2. The standard InChI is InChI=1S/C15H16F3N5O2/c16-15(17,18)11-5-4-9(7-20-11)21-14(24)13-10(19)8-23(22-13)12-3-1-2-6-25-12/h4-5,7-8,12H,1-3,6,19H2,(H,21,24). The Bertz CT molecular complexity index is 752. The number of nitrogens with one attached hydrogen (secondary N) is 1. The fourth-order valence-electron chi connectivity index (χ4n) is 2.49. The van der Waals surface area contributed by atoms with Gasteiger partial charge in [-0.25, -0.2) is 9.67 Å². The van der Waals surface area contributed by atoms with Gasteiger partial charge in [-0.1, -0.05) is 0 Å². The quantitative estimate of drug-likeness (QED) is 0.883. The zero-order valence-corrected chi connectivity index (χ0v) is 13.1. The number of hydrogen-bond acceptors (Lipinski definition) is 5. The van der Waals surface area contributed by atoms with E-state index in [1.54, 1.807) is 0 Å². The summed E-state index contributed by atoms with van der Waals surface area (Å²) in [5.41, 5.74) is 5.03. The third kappa shape index (κ3) is 3.90. The summed E-state index contributed by atoms with van der Waals surface area (Å²) in [4.78, 5) is 15.5. The smallest absolute Gasteiger partial charge is 0.396 e. The number of ether oxygens (including phenoxy) is 1. The first-order chi connectivity index (χ1) is 11.8. The maximum Gasteiger partial charge on any atom is 0.433 e. The van der Waals surface area contributed by atoms with Gasteiger partial charge in [0.2, 0.25) is 0 Å². The molecule has 7 nitrogen and oxygen atoms in total. The zero-order valence-electron chi connectivity index (χ0n) is 13.1. The van der Waals surface area contributed by atoms with Crippen molar-refractivity contribution in [2.45, 2.75) is 31.7 Å². The minimum Gasteiger partial charge on any atom is -0.396 e. The number of pyridine rings is 1. The zero-order chi connectivity index (χ0) is 18.0. The van der Waals surface area contributed by atoms with Gasteiger partial charge in [0.05, 0.1) is 23.8 Å². The lowest BCUT2D eigenvalue weighted by Crippen LogP contribution is -2.20. The van der Waals surface area contributed by atoms with E-state index in [0.29, 0.717) is 6.61 Å². The van der Waals surface area contributed by atoms with Crippen LogP contribution in [0.3, 0.4) is 0 Å². The lowest BCUT2D eigenvalue weighted by Gasteiger charge is -2.22. The Labute approximate surface area is 141 Å². The van der Waals surface area contributed by atoms with Crippen molar-refractivity contribution in [1.29, 1.82) is 0 Å². The van der Waals surface area contributed by atoms with Crippen molar-refractivity contribution in [1.82, 2.24) is 14.8 Å². The van der Waals surface area contributed by atoms with E-state index in [1.807, 2.05) is 0 Å². The predicted octanol–water partition coefficient (Wildman–Crippen LogP) is 2.83. The Balaban J connectivity index is 1.72. The summed E-state index contributed by atoms with van der Waals surface area (Å²) in [6.45, 7) is 0.614. The number of nitrogens with zero attached hydrogens (tertiary/aromatic N) is 3. The molecule has 0 aliphatic carbocycles. The van der Waals surface area contributed by atoms with Crippen LogP contribution in [0, 0.1) is 0 Å². The van der Waals surface area contributed by atoms with Crippen LogP contribution in [0.5, 0.6) is 0 Å². The van der Waals surface area contributed by atoms with Gasteiger partial charge >= 0.3 is 6.18 Å². The highest BCUT2D eigenvalue weighted by atomic mass is 19.4. The van der Waals surface area contributed by atoms with Gasteiger partial charge < -0.3 is 15.8 Å². The second-order valence-electron chi connectivity index (χ2n) is 5.62. The van der Waals surface area contributed by atoms with Crippen molar-refractivity contribution >= 4 is 17.3 Å². The molecule has 1 aliphatic heterocycles. The normalized spacial score (nSPS) is 18.1. The van der Waals surface area contributed by atoms with Gasteiger partial charge in [0.25, 0.3) is 5.91 Å². The van der Waals surface area contributed by atoms with E-state index >= 15 is 0 Å². The molecule has 0 aromatic carbocycles. The predicted molar refractivity (Wildman–Crippen MR) is 82.7 cm³/mol. The number of halogens is 3. The van der Waals surface area contributed by atoms with Gasteiger partial charge in [-0.2, -0.15) is 18.3 Å². The molecular weight excluding hydrogens is 339 g/mol. The topological polar surface area (TPSA) is 95.1 Å². The third-order valence-corrected chi connectivity index (χ3v) is 3.74. The molecular formula is C15H16F3N5O2. The van der Waals surface area contributed by atoms with E-state index in [4.69, 9.17) is 10.5 Å². The highest BCUT2D eigenvalue weighted by Gasteiger charge is 2.32. The van der Waals surface area contributed by atoms with Crippen LogP contribution in [0.25, 0.3) is 0 Å². The van der Waals surface area contributed by atoms with Crippen LogP contribution in [0.15, 0.2) is 24.5 Å². The van der Waals surface area contributed by atoms with Crippen LogP contribution in [-0.4, -0.2) is 27.3 Å². The molecule has 1 fully saturated rings. The number of carbonyl (C=O) groups excluding carboxylic acids is 1. The van der Waals surface area contributed by atoms with Crippen LogP contribution in [0.1, 0.15) is 41.7 Å². The molecule has 2 aromatic rings. The van der Waals surface area contributed by atoms with Gasteiger partial charge in [-0.15, -0.1) is 0 Å². The van der Waals surface area contributed by atoms with Crippen molar-refractivity contribution in [2.24, 2.45) is 0 Å². The lowest BCUT2D eigenvalue weighted by atomic mass is 10.2. The highest BCUT2D eigenvalue weighted by molar-refractivity contribution is 6.06. The first-order valence-electron chi connectivity index (χ1n) is 7.65. The molecule has 0 bridgehead atoms. The van der Waals surface area contributed by atoms with E-state index in [2.05, 4.69) is 15.4 Å². The van der Waals surface area contributed by atoms with E-state index < -0.39 is 17.8 Å². The fraction of sp³-hybridized carbons (Fsp3) is 0.400. The molecule has 2 aromatic heterocycles. The average molecular weight is 355 g/mol. The first kappa shape index (κ1) is 17.2. The van der Waals surface area contributed by atoms with Crippen LogP contribution < -0.4 is 11.1 Å². The first-order valence-corrected chi connectivity index (χ1v) is 7.65. The molecule has 134 valence electrons. The van der Waals surface area contributed by atoms with Gasteiger partial charge in [0, 0.05) is 6.61 Å². The Morgan fingerprint density at radius 2 is 2.16 bits per heavy atom. The molecule has 0 radical (unpaired) electrons. The number of rotatable bonds is 3. The molecule has 25 heavy (non-hydrogen) atoms. The summed E-state index contributed by atoms with van der Waals surface area (Å²) in [5, 5.41) is 6.57. The molecule has 1 aliphatic rings. The largest absolute Gasteiger partial charge is 0.433 e. The molecule has 1 amide bonds. The molecule has 1 atom stereocenters. The van der Waals surface area contributed by atoms with Gasteiger partial charge in [-0.3, -0.25) is 4.79 Å². The van der Waals surface area contributed by atoms with Crippen LogP contribution in [0.2, 0.25) is 0 Å². The van der Waals surface area contributed by atoms with Crippen molar-refractivity contribution in [3.05, 3.63) is 35.9 Å². The number of nitrogens with two attached hydrogens (primary N) is 1. The molecule has 3 heterocycles. The molecule has 10 heteroatoms. The van der Waals surface area contributed by atoms with Crippen LogP contribution >= 0.6 is 0 Å². The second-order valence-corrected chi connectivity index (χ2v) is 5.62. The summed E-state index contributed by atoms with van der Waals surface area (Å²) in [7, 11) is 0. The summed E-state index contributed by atoms with van der Waals surface area (Å²) < 4.78 is 44.5. The molecule has 3 rings (SSSR count). The van der Waals surface area contributed by atoms with Crippen LogP contribution in [0.4, 0.5) is 24.5 Å². The molecule has 1 saturated heterocycles. The minimum atomic E-state index is -4.54. The van der Waals surface area contributed by atoms with Crippen molar-refractivity contribution in [3.63, 3.8) is 0 Å². The number of carbonyl (C=O) groups is 1. The molecule has 3 N–H and O–H groups in total. The summed E-state index contributed by atoms with van der Waals surface area (Å²) >= 11 is 0. The van der Waals surface area contributed by atoms with Crippen LogP contribution in [-0.2, 0) is 10.9 Å². The number of alkyl halides is 3. The number of nitrogen functional groups attached to an aromatic ring is 1. The van der Waals surface area contributed by atoms with Crippen molar-refractivity contribution in [3.8, 4) is 0 Å². The van der Waals surface area contributed by atoms with Crippen molar-refractivity contribution < 1.29 is 22.7 Å². The van der Waals surface area contributed by atoms with Gasteiger partial charge in [0.15, 0.2) is 5.69 Å². The third-order valence-electron chi connectivity index (χ3n) is 3.74. The number of hydrogen-bond donors (Lipinski definition) is 2. The van der Waals surface area contributed by atoms with E-state index in [-0.39, 0.29) is 23.3 Å². The Hall–Kier alpha value is -2.62. The summed E-state index contributed by atoms with van der Waals surface area (Å²) in [6, 6.07) is 1.90. The summed E-state index contributed by atoms with van der Waals surface area (Å²) in [6.07, 6.45) is 0.362.